The van der Waals surface area contributed by atoms with Gasteiger partial charge in [-0.1, -0.05) is 55.0 Å². The number of nitrogens with zero attached hydrogens (tertiary/aromatic N) is 5. The molecule has 182 valence electrons. The van der Waals surface area contributed by atoms with Gasteiger partial charge in [-0.3, -0.25) is 9.36 Å². The second-order valence-electron chi connectivity index (χ2n) is 9.00. The van der Waals surface area contributed by atoms with Crippen LogP contribution in [0.3, 0.4) is 0 Å². The lowest BCUT2D eigenvalue weighted by atomic mass is 10.0. The van der Waals surface area contributed by atoms with E-state index in [1.807, 2.05) is 65.2 Å². The van der Waals surface area contributed by atoms with Crippen molar-refractivity contribution >= 4 is 33.8 Å². The Morgan fingerprint density at radius 1 is 1.00 bits per heavy atom. The fourth-order valence-electron chi connectivity index (χ4n) is 4.89. The molecule has 2 aromatic heterocycles. The summed E-state index contributed by atoms with van der Waals surface area (Å²) in [6.07, 6.45) is 5.67. The number of benzene rings is 3. The fraction of sp³-hybridized carbons (Fsp3) is 0.172. The maximum atomic E-state index is 13.9. The van der Waals surface area contributed by atoms with E-state index >= 15 is 0 Å². The van der Waals surface area contributed by atoms with Crippen molar-refractivity contribution < 1.29 is 5.11 Å². The van der Waals surface area contributed by atoms with E-state index in [9.17, 15) is 15.2 Å². The number of hydrogen-bond acceptors (Lipinski definition) is 6. The van der Waals surface area contributed by atoms with Gasteiger partial charge >= 0.3 is 0 Å². The van der Waals surface area contributed by atoms with Crippen LogP contribution in [-0.2, 0) is 13.0 Å². The molecule has 0 unspecified atom stereocenters. The van der Waals surface area contributed by atoms with E-state index in [0.717, 1.165) is 48.8 Å². The lowest BCUT2D eigenvalue weighted by molar-refractivity contribution is 0.475. The van der Waals surface area contributed by atoms with Crippen LogP contribution in [-0.4, -0.2) is 24.4 Å². The van der Waals surface area contributed by atoms with E-state index in [1.165, 1.54) is 11.3 Å². The van der Waals surface area contributed by atoms with Gasteiger partial charge in [0.1, 0.15) is 27.9 Å². The van der Waals surface area contributed by atoms with Crippen LogP contribution in [0.25, 0.3) is 28.1 Å². The summed E-state index contributed by atoms with van der Waals surface area (Å²) < 4.78 is 4.48. The second-order valence-corrected chi connectivity index (χ2v) is 10.0. The monoisotopic (exact) mass is 505 g/mol. The van der Waals surface area contributed by atoms with Crippen molar-refractivity contribution in [2.45, 2.75) is 32.2 Å². The van der Waals surface area contributed by atoms with Gasteiger partial charge < -0.3 is 9.67 Å². The van der Waals surface area contributed by atoms with Crippen molar-refractivity contribution in [1.29, 1.82) is 5.26 Å². The zero-order valence-electron chi connectivity index (χ0n) is 20.0. The summed E-state index contributed by atoms with van der Waals surface area (Å²) in [7, 11) is 0. The molecule has 3 heterocycles. The number of aromatic nitrogens is 4. The molecule has 6 rings (SSSR count). The van der Waals surface area contributed by atoms with Crippen LogP contribution >= 0.6 is 11.3 Å². The van der Waals surface area contributed by atoms with Crippen LogP contribution in [0.4, 0.5) is 0 Å². The first kappa shape index (κ1) is 23.0. The van der Waals surface area contributed by atoms with Crippen molar-refractivity contribution in [1.82, 2.24) is 19.3 Å². The van der Waals surface area contributed by atoms with Crippen molar-refractivity contribution in [3.05, 3.63) is 103 Å². The SMILES string of the molecule is N#C/C(c1nnc2n1CCCCC2)=c1/s/c(=C\c2c(O)ccc3ccccc23)c(=O)n1-c1ccccc1. The summed E-state index contributed by atoms with van der Waals surface area (Å²) in [5, 5.41) is 31.6. The van der Waals surface area contributed by atoms with Crippen molar-refractivity contribution in [3.63, 3.8) is 0 Å². The van der Waals surface area contributed by atoms with Crippen LogP contribution in [0, 0.1) is 11.3 Å². The van der Waals surface area contributed by atoms with Crippen LogP contribution in [0.2, 0.25) is 0 Å². The first-order chi connectivity index (χ1) is 18.2. The number of hydrogen-bond donors (Lipinski definition) is 1. The van der Waals surface area contributed by atoms with Crippen LogP contribution < -0.4 is 14.8 Å². The maximum absolute atomic E-state index is 13.9. The van der Waals surface area contributed by atoms with Gasteiger partial charge in [0, 0.05) is 18.5 Å². The van der Waals surface area contributed by atoms with E-state index in [1.54, 1.807) is 16.7 Å². The Labute approximate surface area is 216 Å². The Bertz CT molecular complexity index is 1860. The number of para-hydroxylation sites is 1. The Balaban J connectivity index is 1.69. The Morgan fingerprint density at radius 3 is 2.65 bits per heavy atom. The molecule has 0 saturated carbocycles. The van der Waals surface area contributed by atoms with Gasteiger partial charge in [-0.05, 0) is 47.9 Å². The predicted molar refractivity (Wildman–Crippen MR) is 144 cm³/mol. The Hall–Kier alpha value is -4.48. The summed E-state index contributed by atoms with van der Waals surface area (Å²) in [6, 6.07) is 22.8. The summed E-state index contributed by atoms with van der Waals surface area (Å²) in [4.78, 5) is 13.9. The normalized spacial score (nSPS) is 14.7. The largest absolute Gasteiger partial charge is 0.507 e. The Morgan fingerprint density at radius 2 is 1.81 bits per heavy atom. The molecule has 0 atom stereocenters. The van der Waals surface area contributed by atoms with E-state index in [2.05, 4.69) is 16.3 Å². The molecule has 1 aliphatic heterocycles. The van der Waals surface area contributed by atoms with Crippen molar-refractivity contribution in [2.24, 2.45) is 0 Å². The van der Waals surface area contributed by atoms with E-state index in [4.69, 9.17) is 0 Å². The molecular weight excluding hydrogens is 482 g/mol. The standard InChI is InChI=1S/C29H23N5O2S/c30-18-23(27-32-31-26-13-5-2-8-16-33(26)27)29-34(20-10-3-1-4-11-20)28(36)25(37-29)17-22-21-12-7-6-9-19(21)14-15-24(22)35/h1,3-4,6-7,9-12,14-15,17,35H,2,5,8,13,16H2/b25-17-,29-23-. The molecular formula is C29H23N5O2S. The van der Waals surface area contributed by atoms with E-state index in [0.29, 0.717) is 31.8 Å². The first-order valence-corrected chi connectivity index (χ1v) is 13.0. The highest BCUT2D eigenvalue weighted by molar-refractivity contribution is 7.07. The molecule has 5 aromatic rings. The van der Waals surface area contributed by atoms with Gasteiger partial charge in [-0.15, -0.1) is 21.5 Å². The molecule has 8 heteroatoms. The third-order valence-corrected chi connectivity index (χ3v) is 7.81. The molecule has 0 radical (unpaired) electrons. The minimum atomic E-state index is -0.262. The summed E-state index contributed by atoms with van der Waals surface area (Å²) in [5.41, 5.74) is 1.28. The van der Waals surface area contributed by atoms with Gasteiger partial charge in [0.2, 0.25) is 0 Å². The fourth-order valence-corrected chi connectivity index (χ4v) is 5.97. The zero-order valence-corrected chi connectivity index (χ0v) is 20.8. The number of fused-ring (bicyclic) bond motifs is 2. The molecule has 0 fully saturated rings. The van der Waals surface area contributed by atoms with Gasteiger partial charge in [-0.25, -0.2) is 0 Å². The zero-order chi connectivity index (χ0) is 25.4. The lowest BCUT2D eigenvalue weighted by Gasteiger charge is -2.07. The average Bonchev–Trinajstić information content (AvgIpc) is 3.37. The second kappa shape index (κ2) is 9.52. The highest BCUT2D eigenvalue weighted by Crippen LogP contribution is 2.27. The third-order valence-electron chi connectivity index (χ3n) is 6.72. The number of rotatable bonds is 3. The number of phenolic OH excluding ortho intramolecular Hbond substituents is 1. The minimum Gasteiger partial charge on any atom is -0.507 e. The number of nitriles is 1. The number of aryl methyl sites for hydroxylation is 1. The third kappa shape index (κ3) is 4.03. The first-order valence-electron chi connectivity index (χ1n) is 12.2. The molecule has 0 bridgehead atoms. The predicted octanol–water partition coefficient (Wildman–Crippen LogP) is 3.63. The molecule has 0 aliphatic carbocycles. The molecule has 0 spiro atoms. The smallest absolute Gasteiger partial charge is 0.273 e. The summed E-state index contributed by atoms with van der Waals surface area (Å²) in [5.74, 6) is 1.45. The highest BCUT2D eigenvalue weighted by atomic mass is 32.1. The molecule has 1 N–H and O–H groups in total. The molecule has 0 saturated heterocycles. The van der Waals surface area contributed by atoms with Crippen LogP contribution in [0.15, 0.2) is 71.5 Å². The summed E-state index contributed by atoms with van der Waals surface area (Å²) in [6.45, 7) is 0.743. The Kier molecular flexibility index (Phi) is 5.91. The van der Waals surface area contributed by atoms with E-state index in [-0.39, 0.29) is 11.3 Å². The molecule has 3 aromatic carbocycles. The number of phenols is 1. The highest BCUT2D eigenvalue weighted by Gasteiger charge is 2.21. The van der Waals surface area contributed by atoms with E-state index < -0.39 is 0 Å². The van der Waals surface area contributed by atoms with Crippen LogP contribution in [0.5, 0.6) is 5.75 Å². The lowest BCUT2D eigenvalue weighted by Crippen LogP contribution is -2.31. The number of thiazole rings is 1. The molecule has 37 heavy (non-hydrogen) atoms. The minimum absolute atomic E-state index is 0.0894. The summed E-state index contributed by atoms with van der Waals surface area (Å²) >= 11 is 1.22. The quantitative estimate of drug-likeness (QED) is 0.404. The van der Waals surface area contributed by atoms with Crippen molar-refractivity contribution in [3.8, 4) is 17.5 Å². The maximum Gasteiger partial charge on any atom is 0.273 e. The molecule has 7 nitrogen and oxygen atoms in total. The number of aromatic hydroxyl groups is 1. The molecule has 0 amide bonds. The van der Waals surface area contributed by atoms with Crippen molar-refractivity contribution in [2.75, 3.05) is 0 Å². The van der Waals surface area contributed by atoms with Crippen LogP contribution in [0.1, 0.15) is 36.5 Å². The molecule has 1 aliphatic rings. The van der Waals surface area contributed by atoms with Gasteiger partial charge in [0.25, 0.3) is 5.56 Å². The topological polar surface area (TPSA) is 96.7 Å². The average molecular weight is 506 g/mol. The van der Waals surface area contributed by atoms with Gasteiger partial charge in [0.05, 0.1) is 10.2 Å². The van der Waals surface area contributed by atoms with Gasteiger partial charge in [-0.2, -0.15) is 5.26 Å². The van der Waals surface area contributed by atoms with Gasteiger partial charge in [0.15, 0.2) is 5.82 Å².